The Morgan fingerprint density at radius 1 is 1.28 bits per heavy atom. The van der Waals surface area contributed by atoms with Gasteiger partial charge in [0.2, 0.25) is 0 Å². The van der Waals surface area contributed by atoms with Crippen LogP contribution in [0.1, 0.15) is 25.5 Å². The van der Waals surface area contributed by atoms with Crippen LogP contribution in [0.5, 0.6) is 0 Å². The molecule has 1 aromatic heterocycles. The monoisotopic (exact) mass is 266 g/mol. The van der Waals surface area contributed by atoms with Crippen molar-refractivity contribution in [2.45, 2.75) is 26.2 Å². The van der Waals surface area contributed by atoms with E-state index in [2.05, 4.69) is 11.6 Å². The molecule has 0 atom stereocenters. The van der Waals surface area contributed by atoms with Crippen LogP contribution in [-0.4, -0.2) is 14.7 Å². The summed E-state index contributed by atoms with van der Waals surface area (Å²) in [6, 6.07) is 7.09. The molecule has 2 aromatic rings. The molecule has 0 aliphatic carbocycles. The standard InChI is InChI=1S/C13H16NO3S/c1-3-4-5-12-9-10-8-11(14-18(2,15)16)6-7-13(10)17-12/h6-9H,3-5H2,1-2H3/q-1. The lowest BCUT2D eigenvalue weighted by molar-refractivity contribution is 0.536. The van der Waals surface area contributed by atoms with E-state index in [1.807, 2.05) is 6.07 Å². The zero-order valence-electron chi connectivity index (χ0n) is 10.5. The van der Waals surface area contributed by atoms with Crippen molar-refractivity contribution >= 4 is 26.7 Å². The predicted molar refractivity (Wildman–Crippen MR) is 72.7 cm³/mol. The number of sulfonamides is 1. The van der Waals surface area contributed by atoms with Crippen molar-refractivity contribution in [2.24, 2.45) is 0 Å². The highest BCUT2D eigenvalue weighted by Gasteiger charge is 2.02. The number of hydrogen-bond acceptors (Lipinski definition) is 3. The summed E-state index contributed by atoms with van der Waals surface area (Å²) >= 11 is 0. The Morgan fingerprint density at radius 3 is 2.72 bits per heavy atom. The molecule has 0 saturated carbocycles. The molecule has 4 nitrogen and oxygen atoms in total. The summed E-state index contributed by atoms with van der Waals surface area (Å²) in [5.74, 6) is 0.934. The van der Waals surface area contributed by atoms with E-state index in [9.17, 15) is 8.42 Å². The third kappa shape index (κ3) is 3.26. The zero-order chi connectivity index (χ0) is 13.2. The fourth-order valence-corrected chi connectivity index (χ4v) is 2.30. The number of rotatable bonds is 5. The van der Waals surface area contributed by atoms with Crippen molar-refractivity contribution in [2.75, 3.05) is 6.26 Å². The Morgan fingerprint density at radius 2 is 2.06 bits per heavy atom. The van der Waals surface area contributed by atoms with Gasteiger partial charge >= 0.3 is 0 Å². The zero-order valence-corrected chi connectivity index (χ0v) is 11.3. The molecule has 0 saturated heterocycles. The number of aryl methyl sites for hydroxylation is 1. The second kappa shape index (κ2) is 5.02. The van der Waals surface area contributed by atoms with Gasteiger partial charge in [-0.05, 0) is 18.6 Å². The van der Waals surface area contributed by atoms with Gasteiger partial charge in [-0.3, -0.25) is 0 Å². The van der Waals surface area contributed by atoms with Gasteiger partial charge in [-0.1, -0.05) is 25.5 Å². The summed E-state index contributed by atoms with van der Waals surface area (Å²) in [6.45, 7) is 2.13. The maximum Gasteiger partial charge on any atom is 0.134 e. The molecule has 5 heteroatoms. The van der Waals surface area contributed by atoms with Crippen molar-refractivity contribution in [3.8, 4) is 0 Å². The first-order valence-corrected chi connectivity index (χ1v) is 7.78. The number of unbranched alkanes of at least 4 members (excludes halogenated alkanes) is 1. The minimum Gasteiger partial charge on any atom is -0.577 e. The largest absolute Gasteiger partial charge is 0.577 e. The molecule has 0 radical (unpaired) electrons. The third-order valence-electron chi connectivity index (χ3n) is 2.60. The highest BCUT2D eigenvalue weighted by Crippen LogP contribution is 2.29. The number of benzene rings is 1. The van der Waals surface area contributed by atoms with E-state index in [1.165, 1.54) is 0 Å². The molecular formula is C13H16NO3S-. The molecule has 0 amide bonds. The van der Waals surface area contributed by atoms with Crippen LogP contribution in [0.15, 0.2) is 28.7 Å². The van der Waals surface area contributed by atoms with Gasteiger partial charge < -0.3 is 9.14 Å². The smallest absolute Gasteiger partial charge is 0.134 e. The summed E-state index contributed by atoms with van der Waals surface area (Å²) < 4.78 is 31.5. The molecule has 0 aliphatic heterocycles. The fourth-order valence-electron chi connectivity index (χ4n) is 1.81. The van der Waals surface area contributed by atoms with Crippen molar-refractivity contribution in [1.82, 2.24) is 0 Å². The molecule has 0 fully saturated rings. The van der Waals surface area contributed by atoms with E-state index in [1.54, 1.807) is 18.2 Å². The molecule has 98 valence electrons. The minimum atomic E-state index is -3.36. The summed E-state index contributed by atoms with van der Waals surface area (Å²) in [5, 5.41) is 0.894. The molecule has 0 N–H and O–H groups in total. The van der Waals surface area contributed by atoms with Gasteiger partial charge in [-0.25, -0.2) is 8.42 Å². The molecule has 18 heavy (non-hydrogen) atoms. The first kappa shape index (κ1) is 13.0. The summed E-state index contributed by atoms with van der Waals surface area (Å²) in [5.41, 5.74) is 1.21. The number of hydrogen-bond donors (Lipinski definition) is 0. The number of nitrogens with zero attached hydrogens (tertiary/aromatic N) is 1. The van der Waals surface area contributed by atoms with Gasteiger partial charge in [0, 0.05) is 18.1 Å². The molecule has 0 aliphatic rings. The Labute approximate surface area is 107 Å². The molecular weight excluding hydrogens is 250 g/mol. The maximum atomic E-state index is 11.1. The van der Waals surface area contributed by atoms with Gasteiger partial charge in [0.05, 0.1) is 10.0 Å². The van der Waals surface area contributed by atoms with Crippen molar-refractivity contribution in [3.05, 3.63) is 34.7 Å². The SMILES string of the molecule is CCCCc1cc2cc([N-]S(C)(=O)=O)ccc2o1. The molecule has 1 heterocycles. The molecule has 0 unspecified atom stereocenters. The predicted octanol–water partition coefficient (Wildman–Crippen LogP) is 3.74. The lowest BCUT2D eigenvalue weighted by Gasteiger charge is -2.17. The topological polar surface area (TPSA) is 61.4 Å². The fraction of sp³-hybridized carbons (Fsp3) is 0.385. The Balaban J connectivity index is 2.28. The average molecular weight is 266 g/mol. The number of fused-ring (bicyclic) bond motifs is 1. The van der Waals surface area contributed by atoms with Crippen molar-refractivity contribution in [1.29, 1.82) is 0 Å². The third-order valence-corrected chi connectivity index (χ3v) is 3.14. The van der Waals surface area contributed by atoms with E-state index in [-0.39, 0.29) is 0 Å². The van der Waals surface area contributed by atoms with E-state index < -0.39 is 10.0 Å². The summed E-state index contributed by atoms with van der Waals surface area (Å²) in [4.78, 5) is 0. The van der Waals surface area contributed by atoms with Gasteiger partial charge in [-0.2, -0.15) is 0 Å². The van der Waals surface area contributed by atoms with E-state index >= 15 is 0 Å². The van der Waals surface area contributed by atoms with Crippen molar-refractivity contribution < 1.29 is 12.8 Å². The van der Waals surface area contributed by atoms with Gasteiger partial charge in [0.15, 0.2) is 0 Å². The average Bonchev–Trinajstić information content (AvgIpc) is 2.66. The van der Waals surface area contributed by atoms with E-state index in [4.69, 9.17) is 4.42 Å². The van der Waals surface area contributed by atoms with Crippen LogP contribution in [0.25, 0.3) is 15.7 Å². The first-order valence-electron chi connectivity index (χ1n) is 5.93. The Bertz CT molecular complexity index is 643. The lowest BCUT2D eigenvalue weighted by Crippen LogP contribution is -1.89. The minimum absolute atomic E-state index is 0.438. The quantitative estimate of drug-likeness (QED) is 0.828. The van der Waals surface area contributed by atoms with Gasteiger partial charge in [0.1, 0.15) is 11.3 Å². The maximum absolute atomic E-state index is 11.1. The molecule has 0 spiro atoms. The Hall–Kier alpha value is -1.49. The van der Waals surface area contributed by atoms with Crippen LogP contribution in [-0.2, 0) is 16.4 Å². The highest BCUT2D eigenvalue weighted by atomic mass is 32.2. The van der Waals surface area contributed by atoms with Crippen molar-refractivity contribution in [3.63, 3.8) is 0 Å². The normalized spacial score (nSPS) is 11.9. The van der Waals surface area contributed by atoms with Crippen LogP contribution in [0.3, 0.4) is 0 Å². The molecule has 1 aromatic carbocycles. The van der Waals surface area contributed by atoms with Gasteiger partial charge in [-0.15, -0.1) is 5.69 Å². The number of furan rings is 1. The molecule has 0 bridgehead atoms. The molecule has 2 rings (SSSR count). The van der Waals surface area contributed by atoms with E-state index in [0.717, 1.165) is 42.2 Å². The van der Waals surface area contributed by atoms with Crippen LogP contribution < -0.4 is 0 Å². The summed E-state index contributed by atoms with van der Waals surface area (Å²) in [7, 11) is -3.36. The first-order chi connectivity index (χ1) is 8.48. The van der Waals surface area contributed by atoms with E-state index in [0.29, 0.717) is 5.69 Å². The Kier molecular flexibility index (Phi) is 3.61. The second-order valence-electron chi connectivity index (χ2n) is 4.36. The summed E-state index contributed by atoms with van der Waals surface area (Å²) in [6.07, 6.45) is 4.19. The van der Waals surface area contributed by atoms with Crippen LogP contribution >= 0.6 is 0 Å². The lowest BCUT2D eigenvalue weighted by atomic mass is 10.2. The second-order valence-corrected chi connectivity index (χ2v) is 6.01. The van der Waals surface area contributed by atoms with Crippen LogP contribution in [0, 0.1) is 0 Å². The highest BCUT2D eigenvalue weighted by molar-refractivity contribution is 7.93. The van der Waals surface area contributed by atoms with Crippen LogP contribution in [0.2, 0.25) is 0 Å². The van der Waals surface area contributed by atoms with Crippen LogP contribution in [0.4, 0.5) is 5.69 Å². The van der Waals surface area contributed by atoms with Gasteiger partial charge in [0.25, 0.3) is 0 Å².